The number of rotatable bonds is 3. The van der Waals surface area contributed by atoms with Crippen molar-refractivity contribution >= 4 is 63.5 Å². The van der Waals surface area contributed by atoms with Gasteiger partial charge in [-0.3, -0.25) is 0 Å². The topological polar surface area (TPSA) is 78.1 Å². The van der Waals surface area contributed by atoms with Gasteiger partial charge in [0.1, 0.15) is 5.69 Å². The van der Waals surface area contributed by atoms with Crippen molar-refractivity contribution < 1.29 is 48.3 Å². The Kier molecular flexibility index (Phi) is 14.4. The standard InChI is InChI=1S/C15H14F3N.C13H9Cl4N.C13H5F8N/c1-9-3-5-12(10(2)7-9)13-6-4-11(19)8-14(13)15(16,17)18;1-6-2-10(15)7(3-9(6)14)8-4-12(17)13(18)5-11(8)16;1-2-5(14)7(16)3(8(17)6(2)15)4-9(18)11(20)13(22)12(21)10(4)19/h3-8H,19H2,1-2H3;2-5H,18H2,1H3;22H2,1H3. The summed E-state index contributed by atoms with van der Waals surface area (Å²) in [6.07, 6.45) is -4.41. The molecule has 59 heavy (non-hydrogen) atoms. The van der Waals surface area contributed by atoms with E-state index in [1.165, 1.54) is 12.1 Å². The number of benzene rings is 6. The third kappa shape index (κ3) is 9.78. The van der Waals surface area contributed by atoms with Crippen molar-refractivity contribution in [2.24, 2.45) is 0 Å². The van der Waals surface area contributed by atoms with Crippen molar-refractivity contribution in [3.05, 3.63) is 155 Å². The van der Waals surface area contributed by atoms with Crippen LogP contribution in [0.2, 0.25) is 20.1 Å². The fraction of sp³-hybridized carbons (Fsp3) is 0.122. The summed E-state index contributed by atoms with van der Waals surface area (Å²) in [7, 11) is 0. The van der Waals surface area contributed by atoms with Crippen molar-refractivity contribution in [1.82, 2.24) is 0 Å². The number of anilines is 3. The first-order valence-corrected chi connectivity index (χ1v) is 18.0. The van der Waals surface area contributed by atoms with E-state index < -0.39 is 80.7 Å². The molecule has 0 aliphatic carbocycles. The highest BCUT2D eigenvalue weighted by molar-refractivity contribution is 6.39. The lowest BCUT2D eigenvalue weighted by atomic mass is 9.94. The monoisotopic (exact) mass is 911 g/mol. The molecular weight excluding hydrogens is 885 g/mol. The number of aryl methyl sites for hydroxylation is 3. The molecule has 0 bridgehead atoms. The zero-order chi connectivity index (χ0) is 44.6. The Morgan fingerprint density at radius 2 is 0.898 bits per heavy atom. The Balaban J connectivity index is 0.000000197. The first-order valence-electron chi connectivity index (χ1n) is 16.5. The molecule has 0 radical (unpaired) electrons. The summed E-state index contributed by atoms with van der Waals surface area (Å²) in [6, 6.07) is 16.1. The summed E-state index contributed by atoms with van der Waals surface area (Å²) >= 11 is 24.5. The predicted molar refractivity (Wildman–Crippen MR) is 213 cm³/mol. The zero-order valence-corrected chi connectivity index (χ0v) is 33.7. The van der Waals surface area contributed by atoms with Gasteiger partial charge in [0.05, 0.1) is 32.4 Å². The quantitative estimate of drug-likeness (QED) is 0.0940. The van der Waals surface area contributed by atoms with Gasteiger partial charge in [0.2, 0.25) is 0 Å². The molecule has 6 aromatic carbocycles. The van der Waals surface area contributed by atoms with E-state index in [9.17, 15) is 48.3 Å². The van der Waals surface area contributed by atoms with Gasteiger partial charge in [-0.05, 0) is 86.3 Å². The molecule has 0 saturated heterocycles. The predicted octanol–water partition coefficient (Wildman–Crippen LogP) is 14.8. The molecule has 6 N–H and O–H groups in total. The minimum atomic E-state index is -4.41. The first kappa shape index (κ1) is 46.8. The van der Waals surface area contributed by atoms with E-state index in [-0.39, 0.29) is 11.3 Å². The minimum Gasteiger partial charge on any atom is -0.399 e. The van der Waals surface area contributed by atoms with E-state index in [4.69, 9.17) is 63.6 Å². The van der Waals surface area contributed by atoms with Crippen LogP contribution in [0.1, 0.15) is 27.8 Å². The number of alkyl halides is 3. The van der Waals surface area contributed by atoms with E-state index in [1.54, 1.807) is 43.3 Å². The van der Waals surface area contributed by atoms with Crippen LogP contribution in [0.25, 0.3) is 33.4 Å². The van der Waals surface area contributed by atoms with Gasteiger partial charge in [0.15, 0.2) is 46.5 Å². The number of hydrogen-bond donors (Lipinski definition) is 3. The molecule has 0 amide bonds. The number of nitrogens with two attached hydrogens (primary N) is 3. The fourth-order valence-corrected chi connectivity index (χ4v) is 6.52. The van der Waals surface area contributed by atoms with Crippen LogP contribution in [0, 0.1) is 74.2 Å². The average Bonchev–Trinajstić information content (AvgIpc) is 3.16. The van der Waals surface area contributed by atoms with E-state index in [2.05, 4.69) is 0 Å². The SMILES string of the molecule is Cc1c(F)c(F)c(-c2c(F)c(F)c(N)c(F)c2F)c(F)c1F.Cc1cc(Cl)c(-c2cc(Cl)c(N)cc2Cl)cc1Cl.Cc1ccc(-c2ccc(N)cc2C(F)(F)F)c(C)c1. The molecule has 6 aromatic rings. The Bertz CT molecular complexity index is 2430. The lowest BCUT2D eigenvalue weighted by molar-refractivity contribution is -0.137. The van der Waals surface area contributed by atoms with Crippen molar-refractivity contribution in [1.29, 1.82) is 0 Å². The van der Waals surface area contributed by atoms with E-state index >= 15 is 0 Å². The molecule has 0 unspecified atom stereocenters. The smallest absolute Gasteiger partial charge is 0.399 e. The second-order valence-corrected chi connectivity index (χ2v) is 14.5. The van der Waals surface area contributed by atoms with Gasteiger partial charge in [-0.1, -0.05) is 76.2 Å². The molecule has 6 rings (SSSR count). The molecule has 0 spiro atoms. The van der Waals surface area contributed by atoms with Gasteiger partial charge >= 0.3 is 6.18 Å². The van der Waals surface area contributed by atoms with Crippen molar-refractivity contribution in [2.75, 3.05) is 17.2 Å². The molecular formula is C41H28Cl4F11N3. The van der Waals surface area contributed by atoms with Gasteiger partial charge in [0.25, 0.3) is 0 Å². The molecule has 0 aliphatic rings. The summed E-state index contributed by atoms with van der Waals surface area (Å²) in [5.74, 6) is -17.1. The average molecular weight is 913 g/mol. The largest absolute Gasteiger partial charge is 0.417 e. The second kappa shape index (κ2) is 18.2. The lowest BCUT2D eigenvalue weighted by Crippen LogP contribution is -2.10. The Labute approximate surface area is 350 Å². The van der Waals surface area contributed by atoms with Gasteiger partial charge in [-0.2, -0.15) is 13.2 Å². The van der Waals surface area contributed by atoms with E-state index in [1.807, 2.05) is 19.9 Å². The summed E-state index contributed by atoms with van der Waals surface area (Å²) in [6.45, 7) is 6.26. The molecule has 0 aromatic heterocycles. The van der Waals surface area contributed by atoms with Crippen molar-refractivity contribution in [3.63, 3.8) is 0 Å². The Morgan fingerprint density at radius 1 is 0.441 bits per heavy atom. The van der Waals surface area contributed by atoms with Crippen LogP contribution in [-0.4, -0.2) is 0 Å². The summed E-state index contributed by atoms with van der Waals surface area (Å²) < 4.78 is 147. The van der Waals surface area contributed by atoms with Gasteiger partial charge < -0.3 is 17.2 Å². The van der Waals surface area contributed by atoms with Gasteiger partial charge in [-0.25, -0.2) is 35.1 Å². The van der Waals surface area contributed by atoms with Crippen molar-refractivity contribution in [2.45, 2.75) is 33.9 Å². The molecule has 312 valence electrons. The zero-order valence-electron chi connectivity index (χ0n) is 30.7. The Morgan fingerprint density at radius 3 is 1.39 bits per heavy atom. The maximum Gasteiger partial charge on any atom is 0.417 e. The van der Waals surface area contributed by atoms with Crippen LogP contribution in [-0.2, 0) is 6.18 Å². The highest BCUT2D eigenvalue weighted by Gasteiger charge is 2.35. The molecule has 0 heterocycles. The number of nitrogen functional groups attached to an aromatic ring is 3. The van der Waals surface area contributed by atoms with Crippen LogP contribution in [0.15, 0.2) is 60.7 Å². The third-order valence-corrected chi connectivity index (χ3v) is 10.0. The molecule has 0 atom stereocenters. The van der Waals surface area contributed by atoms with Gasteiger partial charge in [-0.15, -0.1) is 0 Å². The number of halogens is 15. The fourth-order valence-electron chi connectivity index (χ4n) is 5.60. The highest BCUT2D eigenvalue weighted by atomic mass is 35.5. The minimum absolute atomic E-state index is 0.112. The lowest BCUT2D eigenvalue weighted by Gasteiger charge is -2.15. The van der Waals surface area contributed by atoms with Crippen LogP contribution < -0.4 is 17.2 Å². The first-order chi connectivity index (χ1) is 27.3. The van der Waals surface area contributed by atoms with Gasteiger partial charge in [0, 0.05) is 32.4 Å². The summed E-state index contributed by atoms with van der Waals surface area (Å²) in [5, 5.41) is 2.11. The van der Waals surface area contributed by atoms with E-state index in [0.717, 1.165) is 28.3 Å². The summed E-state index contributed by atoms with van der Waals surface area (Å²) in [4.78, 5) is 0. The van der Waals surface area contributed by atoms with Crippen LogP contribution in [0.5, 0.6) is 0 Å². The molecule has 3 nitrogen and oxygen atoms in total. The van der Waals surface area contributed by atoms with E-state index in [0.29, 0.717) is 43.8 Å². The van der Waals surface area contributed by atoms with Crippen molar-refractivity contribution in [3.8, 4) is 33.4 Å². The molecule has 0 fully saturated rings. The maximum absolute atomic E-state index is 13.7. The third-order valence-electron chi connectivity index (χ3n) is 8.68. The normalized spacial score (nSPS) is 11.2. The highest BCUT2D eigenvalue weighted by Crippen LogP contribution is 2.42. The Hall–Kier alpha value is -4.89. The summed E-state index contributed by atoms with van der Waals surface area (Å²) in [5.41, 5.74) is 14.1. The molecule has 18 heteroatoms. The van der Waals surface area contributed by atoms with Crippen LogP contribution in [0.3, 0.4) is 0 Å². The maximum atomic E-state index is 13.7. The molecule has 0 aliphatic heterocycles. The second-order valence-electron chi connectivity index (χ2n) is 12.9. The van der Waals surface area contributed by atoms with Crippen LogP contribution in [0.4, 0.5) is 65.4 Å². The van der Waals surface area contributed by atoms with Crippen LogP contribution >= 0.6 is 46.4 Å². The molecule has 0 saturated carbocycles. The number of hydrogen-bond acceptors (Lipinski definition) is 3.